The number of thioether (sulfide) groups is 1. The van der Waals surface area contributed by atoms with Gasteiger partial charge in [0.15, 0.2) is 0 Å². The van der Waals surface area contributed by atoms with Gasteiger partial charge in [-0.2, -0.15) is 0 Å². The number of rotatable bonds is 11. The van der Waals surface area contributed by atoms with Crippen LogP contribution in [0.3, 0.4) is 0 Å². The Kier molecular flexibility index (Phi) is 8.41. The van der Waals surface area contributed by atoms with Crippen molar-refractivity contribution in [3.05, 3.63) is 54.6 Å². The molecule has 0 saturated carbocycles. The number of amides is 3. The maximum Gasteiger partial charge on any atom is 0.251 e. The van der Waals surface area contributed by atoms with E-state index in [1.165, 1.54) is 0 Å². The first-order valence-electron chi connectivity index (χ1n) is 12.9. The summed E-state index contributed by atoms with van der Waals surface area (Å²) in [5.74, 6) is -1.65. The largest absolute Gasteiger partial charge is 0.394 e. The van der Waals surface area contributed by atoms with Crippen LogP contribution in [0.2, 0.25) is 5.02 Å². The van der Waals surface area contributed by atoms with Gasteiger partial charge in [0, 0.05) is 24.9 Å². The topological polar surface area (TPSA) is 81.2 Å². The Bertz CT molecular complexity index is 1080. The molecule has 0 aliphatic carbocycles. The van der Waals surface area contributed by atoms with E-state index in [9.17, 15) is 19.5 Å². The van der Waals surface area contributed by atoms with Crippen molar-refractivity contribution >= 4 is 46.8 Å². The molecule has 9 heteroatoms. The van der Waals surface area contributed by atoms with Gasteiger partial charge < -0.3 is 19.8 Å². The number of nitrogens with zero attached hydrogens (tertiary/aromatic N) is 3. The van der Waals surface area contributed by atoms with Gasteiger partial charge in [-0.05, 0) is 38.3 Å². The van der Waals surface area contributed by atoms with E-state index in [0.29, 0.717) is 30.2 Å². The van der Waals surface area contributed by atoms with Gasteiger partial charge in [-0.1, -0.05) is 42.8 Å². The number of halogens is 1. The number of benzene rings is 1. The molecule has 3 amide bonds. The lowest BCUT2D eigenvalue weighted by Gasteiger charge is -2.39. The summed E-state index contributed by atoms with van der Waals surface area (Å²) in [5.41, 5.74) is 0.545. The predicted octanol–water partition coefficient (Wildman–Crippen LogP) is 3.76. The summed E-state index contributed by atoms with van der Waals surface area (Å²) in [7, 11) is 0. The van der Waals surface area contributed by atoms with Crippen molar-refractivity contribution in [2.45, 2.75) is 55.2 Å². The lowest BCUT2D eigenvalue weighted by molar-refractivity contribution is -0.145. The first-order valence-corrected chi connectivity index (χ1v) is 14.2. The zero-order valence-corrected chi connectivity index (χ0v) is 23.1. The van der Waals surface area contributed by atoms with Gasteiger partial charge in [0.2, 0.25) is 11.8 Å². The highest BCUT2D eigenvalue weighted by molar-refractivity contribution is 8.02. The second-order valence-electron chi connectivity index (χ2n) is 10.1. The predicted molar refractivity (Wildman–Crippen MR) is 149 cm³/mol. The minimum atomic E-state index is -0.824. The molecule has 0 aromatic heterocycles. The highest BCUT2D eigenvalue weighted by Crippen LogP contribution is 2.67. The monoisotopic (exact) mass is 545 g/mol. The molecule has 3 saturated heterocycles. The van der Waals surface area contributed by atoms with Crippen molar-refractivity contribution in [1.29, 1.82) is 0 Å². The number of carbonyl (C=O) groups excluding carboxylic acids is 3. The highest BCUT2D eigenvalue weighted by atomic mass is 35.5. The number of fused-ring (bicyclic) bond motifs is 1. The third-order valence-corrected chi connectivity index (χ3v) is 10.1. The molecule has 200 valence electrons. The number of anilines is 1. The summed E-state index contributed by atoms with van der Waals surface area (Å²) in [4.78, 5) is 47.3. The number of hydrogen-bond donors (Lipinski definition) is 1. The molecule has 2 bridgehead atoms. The molecule has 3 aliphatic heterocycles. The third kappa shape index (κ3) is 4.51. The van der Waals surface area contributed by atoms with Crippen LogP contribution in [0.25, 0.3) is 0 Å². The van der Waals surface area contributed by atoms with E-state index in [4.69, 9.17) is 11.6 Å². The molecule has 1 aromatic rings. The number of aliphatic hydroxyl groups is 1. The SMILES string of the molecule is C=CCN(CCC)C(=O)[C@@H]1[C@H]2C(=O)N([C@H](C)CO)C(C(=O)N(CC=C)c3ccccc3Cl)C23CC[C@H]1S3. The summed E-state index contributed by atoms with van der Waals surface area (Å²) < 4.78 is -0.741. The number of para-hydroxylation sites is 1. The average Bonchev–Trinajstić information content (AvgIpc) is 3.54. The maximum absolute atomic E-state index is 14.4. The van der Waals surface area contributed by atoms with Crippen LogP contribution >= 0.6 is 23.4 Å². The third-order valence-electron chi connectivity index (χ3n) is 7.87. The van der Waals surface area contributed by atoms with Crippen molar-refractivity contribution in [1.82, 2.24) is 9.80 Å². The van der Waals surface area contributed by atoms with Gasteiger partial charge in [0.05, 0.1) is 39.9 Å². The van der Waals surface area contributed by atoms with Gasteiger partial charge in [0.1, 0.15) is 6.04 Å². The number of likely N-dealkylation sites (tertiary alicyclic amines) is 1. The molecule has 4 rings (SSSR count). The van der Waals surface area contributed by atoms with E-state index in [0.717, 1.165) is 12.8 Å². The molecule has 3 aliphatic rings. The molecule has 1 spiro atoms. The minimum absolute atomic E-state index is 0.0272. The Labute approximate surface area is 228 Å². The molecule has 3 heterocycles. The summed E-state index contributed by atoms with van der Waals surface area (Å²) >= 11 is 8.12. The van der Waals surface area contributed by atoms with Gasteiger partial charge in [0.25, 0.3) is 5.91 Å². The Morgan fingerprint density at radius 2 is 1.97 bits per heavy atom. The van der Waals surface area contributed by atoms with Crippen molar-refractivity contribution < 1.29 is 19.5 Å². The fourth-order valence-corrected chi connectivity index (χ4v) is 8.83. The first kappa shape index (κ1) is 27.7. The Balaban J connectivity index is 1.79. The summed E-state index contributed by atoms with van der Waals surface area (Å²) in [6.45, 7) is 12.3. The van der Waals surface area contributed by atoms with Crippen LogP contribution < -0.4 is 4.90 Å². The summed E-state index contributed by atoms with van der Waals surface area (Å²) in [6.07, 6.45) is 5.57. The Morgan fingerprint density at radius 1 is 1.27 bits per heavy atom. The Morgan fingerprint density at radius 3 is 2.59 bits per heavy atom. The molecule has 1 aromatic carbocycles. The average molecular weight is 546 g/mol. The van der Waals surface area contributed by atoms with Crippen molar-refractivity contribution in [2.24, 2.45) is 11.8 Å². The van der Waals surface area contributed by atoms with Gasteiger partial charge in [-0.3, -0.25) is 14.4 Å². The second-order valence-corrected chi connectivity index (χ2v) is 12.1. The second kappa shape index (κ2) is 11.2. The first-order chi connectivity index (χ1) is 17.8. The summed E-state index contributed by atoms with van der Waals surface area (Å²) in [5, 5.41) is 10.5. The van der Waals surface area contributed by atoms with E-state index in [1.54, 1.807) is 63.7 Å². The fourth-order valence-electron chi connectivity index (χ4n) is 6.40. The number of hydrogen-bond acceptors (Lipinski definition) is 5. The van der Waals surface area contributed by atoms with E-state index < -0.39 is 28.7 Å². The van der Waals surface area contributed by atoms with Crippen molar-refractivity contribution in [2.75, 3.05) is 31.1 Å². The highest BCUT2D eigenvalue weighted by Gasteiger charge is 2.74. The number of carbonyl (C=O) groups is 3. The number of aliphatic hydroxyl groups excluding tert-OH is 1. The lowest BCUT2D eigenvalue weighted by Crippen LogP contribution is -2.57. The van der Waals surface area contributed by atoms with Crippen LogP contribution in [0.5, 0.6) is 0 Å². The van der Waals surface area contributed by atoms with Crippen LogP contribution in [0.15, 0.2) is 49.6 Å². The molecule has 6 atom stereocenters. The smallest absolute Gasteiger partial charge is 0.251 e. The maximum atomic E-state index is 14.4. The van der Waals surface area contributed by atoms with E-state index in [-0.39, 0.29) is 36.1 Å². The van der Waals surface area contributed by atoms with Crippen molar-refractivity contribution in [3.8, 4) is 0 Å². The molecule has 0 radical (unpaired) electrons. The van der Waals surface area contributed by atoms with Crippen molar-refractivity contribution in [3.63, 3.8) is 0 Å². The summed E-state index contributed by atoms with van der Waals surface area (Å²) in [6, 6.07) is 5.71. The molecule has 1 N–H and O–H groups in total. The molecular formula is C28H36ClN3O4S. The van der Waals surface area contributed by atoms with Crippen LogP contribution in [0.4, 0.5) is 5.69 Å². The quantitative estimate of drug-likeness (QED) is 0.428. The van der Waals surface area contributed by atoms with Crippen LogP contribution in [-0.2, 0) is 14.4 Å². The van der Waals surface area contributed by atoms with Crippen LogP contribution in [0.1, 0.15) is 33.1 Å². The molecule has 3 fully saturated rings. The normalized spacial score (nSPS) is 28.6. The van der Waals surface area contributed by atoms with Crippen LogP contribution in [-0.4, -0.2) is 80.9 Å². The minimum Gasteiger partial charge on any atom is -0.394 e. The molecule has 7 nitrogen and oxygen atoms in total. The fraction of sp³-hybridized carbons (Fsp3) is 0.536. The zero-order valence-electron chi connectivity index (χ0n) is 21.5. The molecule has 37 heavy (non-hydrogen) atoms. The molecular weight excluding hydrogens is 510 g/mol. The zero-order chi connectivity index (χ0) is 26.9. The van der Waals surface area contributed by atoms with Gasteiger partial charge in [-0.15, -0.1) is 24.9 Å². The van der Waals surface area contributed by atoms with E-state index in [1.807, 2.05) is 13.0 Å². The van der Waals surface area contributed by atoms with E-state index in [2.05, 4.69) is 13.2 Å². The lowest BCUT2D eigenvalue weighted by atomic mass is 9.70. The standard InChI is InChI=1S/C28H36ClN3O4S/c1-5-14-30(15-6-2)25(34)22-21-12-13-28(37-21)23(22)26(35)32(18(4)17-33)24(28)27(36)31(16-7-3)20-11-9-8-10-19(20)29/h5,7-11,18,21-24,33H,1,3,6,12-17H2,2,4H3/t18-,21-,22+,23+,24?,28?/m1/s1. The van der Waals surface area contributed by atoms with Gasteiger partial charge in [-0.25, -0.2) is 0 Å². The van der Waals surface area contributed by atoms with Gasteiger partial charge >= 0.3 is 0 Å². The van der Waals surface area contributed by atoms with E-state index >= 15 is 0 Å². The Hall–Kier alpha value is -2.29. The van der Waals surface area contributed by atoms with Crippen LogP contribution in [0, 0.1) is 11.8 Å². The molecule has 2 unspecified atom stereocenters.